The van der Waals surface area contributed by atoms with Crippen LogP contribution in [-0.2, 0) is 6.42 Å². The molecule has 1 aromatic carbocycles. The molecule has 0 radical (unpaired) electrons. The monoisotopic (exact) mass is 168 g/mol. The Balaban J connectivity index is 2.64. The summed E-state index contributed by atoms with van der Waals surface area (Å²) in [5.41, 5.74) is 0.788. The van der Waals surface area contributed by atoms with E-state index in [2.05, 4.69) is 0 Å². The molecule has 0 aliphatic heterocycles. The molecule has 1 rings (SSSR count). The molecule has 0 spiro atoms. The maximum Gasteiger partial charge on any atom is 0.190 e. The smallest absolute Gasteiger partial charge is 0.190 e. The number of rotatable bonds is 3. The Kier molecular flexibility index (Phi) is 2.81. The highest BCUT2D eigenvalue weighted by Crippen LogP contribution is 2.09. The molecule has 0 aromatic heterocycles. The summed E-state index contributed by atoms with van der Waals surface area (Å²) in [4.78, 5) is 0. The molecule has 0 heterocycles. The minimum absolute atomic E-state index is 0.0460. The fraction of sp³-hybridized carbons (Fsp3) is 0.333. The Morgan fingerprint density at radius 1 is 1.08 bits per heavy atom. The van der Waals surface area contributed by atoms with Crippen molar-refractivity contribution in [3.05, 3.63) is 35.9 Å². The van der Waals surface area contributed by atoms with Gasteiger partial charge < -0.3 is 15.3 Å². The molecule has 0 amide bonds. The molecule has 0 fully saturated rings. The SMILES string of the molecule is OCC(O)(O)Cc1ccccc1. The van der Waals surface area contributed by atoms with E-state index in [1.165, 1.54) is 0 Å². The minimum atomic E-state index is -2.00. The second-order valence-electron chi connectivity index (χ2n) is 2.80. The van der Waals surface area contributed by atoms with Gasteiger partial charge in [-0.1, -0.05) is 30.3 Å². The highest BCUT2D eigenvalue weighted by Gasteiger charge is 2.21. The van der Waals surface area contributed by atoms with E-state index in [1.54, 1.807) is 12.1 Å². The standard InChI is InChI=1S/C9H12O3/c10-7-9(11,12)6-8-4-2-1-3-5-8/h1-5,10-12H,6-7H2. The van der Waals surface area contributed by atoms with Crippen molar-refractivity contribution in [1.29, 1.82) is 0 Å². The second kappa shape index (κ2) is 3.67. The van der Waals surface area contributed by atoms with E-state index in [0.29, 0.717) is 0 Å². The van der Waals surface area contributed by atoms with Crippen LogP contribution in [0.5, 0.6) is 0 Å². The van der Waals surface area contributed by atoms with Gasteiger partial charge in [-0.05, 0) is 5.56 Å². The summed E-state index contributed by atoms with van der Waals surface area (Å²) in [6, 6.07) is 9.01. The lowest BCUT2D eigenvalue weighted by Gasteiger charge is -2.18. The van der Waals surface area contributed by atoms with Crippen LogP contribution in [0.4, 0.5) is 0 Å². The van der Waals surface area contributed by atoms with Crippen LogP contribution >= 0.6 is 0 Å². The summed E-state index contributed by atoms with van der Waals surface area (Å²) >= 11 is 0. The quantitative estimate of drug-likeness (QED) is 0.552. The Morgan fingerprint density at radius 2 is 1.67 bits per heavy atom. The fourth-order valence-electron chi connectivity index (χ4n) is 0.979. The van der Waals surface area contributed by atoms with Crippen LogP contribution in [0.25, 0.3) is 0 Å². The number of aliphatic hydroxyl groups excluding tert-OH is 1. The van der Waals surface area contributed by atoms with Crippen molar-refractivity contribution in [2.24, 2.45) is 0 Å². The van der Waals surface area contributed by atoms with Crippen LogP contribution in [0.2, 0.25) is 0 Å². The molecular formula is C9H12O3. The van der Waals surface area contributed by atoms with E-state index in [-0.39, 0.29) is 6.42 Å². The number of hydrogen-bond acceptors (Lipinski definition) is 3. The van der Waals surface area contributed by atoms with E-state index in [0.717, 1.165) is 5.56 Å². The van der Waals surface area contributed by atoms with E-state index in [4.69, 9.17) is 15.3 Å². The summed E-state index contributed by atoms with van der Waals surface area (Å²) in [7, 11) is 0. The Morgan fingerprint density at radius 3 is 2.17 bits per heavy atom. The third kappa shape index (κ3) is 2.62. The lowest BCUT2D eigenvalue weighted by Crippen LogP contribution is -2.35. The molecule has 0 aliphatic rings. The summed E-state index contributed by atoms with van der Waals surface area (Å²) in [5, 5.41) is 26.7. The molecule has 66 valence electrons. The predicted octanol–water partition coefficient (Wildman–Crippen LogP) is -0.0977. The van der Waals surface area contributed by atoms with Crippen molar-refractivity contribution >= 4 is 0 Å². The maximum absolute atomic E-state index is 9.08. The molecular weight excluding hydrogens is 156 g/mol. The third-order valence-electron chi connectivity index (χ3n) is 1.58. The zero-order valence-electron chi connectivity index (χ0n) is 6.64. The van der Waals surface area contributed by atoms with Gasteiger partial charge in [0.1, 0.15) is 0 Å². The lowest BCUT2D eigenvalue weighted by atomic mass is 10.1. The number of hydrogen-bond donors (Lipinski definition) is 3. The molecule has 0 bridgehead atoms. The summed E-state index contributed by atoms with van der Waals surface area (Å²) in [6.07, 6.45) is 0.0460. The molecule has 3 N–H and O–H groups in total. The Hall–Kier alpha value is -0.900. The van der Waals surface area contributed by atoms with Gasteiger partial charge in [0.25, 0.3) is 0 Å². The Bertz CT molecular complexity index is 231. The molecule has 12 heavy (non-hydrogen) atoms. The van der Waals surface area contributed by atoms with Crippen molar-refractivity contribution in [3.8, 4) is 0 Å². The molecule has 3 nitrogen and oxygen atoms in total. The molecule has 0 saturated heterocycles. The first-order chi connectivity index (χ1) is 5.64. The molecule has 0 saturated carbocycles. The maximum atomic E-state index is 9.08. The van der Waals surface area contributed by atoms with Gasteiger partial charge in [-0.2, -0.15) is 0 Å². The van der Waals surface area contributed by atoms with Crippen LogP contribution in [-0.4, -0.2) is 27.7 Å². The Labute approximate surface area is 70.9 Å². The van der Waals surface area contributed by atoms with E-state index < -0.39 is 12.4 Å². The van der Waals surface area contributed by atoms with E-state index in [1.807, 2.05) is 18.2 Å². The van der Waals surface area contributed by atoms with Crippen LogP contribution in [0, 0.1) is 0 Å². The van der Waals surface area contributed by atoms with E-state index in [9.17, 15) is 0 Å². The molecule has 1 aromatic rings. The molecule has 3 heteroatoms. The average molecular weight is 168 g/mol. The average Bonchev–Trinajstić information content (AvgIpc) is 2.06. The lowest BCUT2D eigenvalue weighted by molar-refractivity contribution is -0.184. The second-order valence-corrected chi connectivity index (χ2v) is 2.80. The molecule has 0 unspecified atom stereocenters. The first kappa shape index (κ1) is 9.19. The number of aliphatic hydroxyl groups is 3. The van der Waals surface area contributed by atoms with Crippen LogP contribution in [0.1, 0.15) is 5.56 Å². The van der Waals surface area contributed by atoms with Gasteiger partial charge in [-0.3, -0.25) is 0 Å². The van der Waals surface area contributed by atoms with Crippen molar-refractivity contribution in [2.45, 2.75) is 12.2 Å². The van der Waals surface area contributed by atoms with Crippen LogP contribution in [0.3, 0.4) is 0 Å². The first-order valence-electron chi connectivity index (χ1n) is 3.73. The fourth-order valence-corrected chi connectivity index (χ4v) is 0.979. The first-order valence-corrected chi connectivity index (χ1v) is 3.73. The van der Waals surface area contributed by atoms with Crippen LogP contribution < -0.4 is 0 Å². The zero-order chi connectivity index (χ0) is 9.03. The highest BCUT2D eigenvalue weighted by molar-refractivity contribution is 5.16. The largest absolute Gasteiger partial charge is 0.391 e. The van der Waals surface area contributed by atoms with Crippen LogP contribution in [0.15, 0.2) is 30.3 Å². The van der Waals surface area contributed by atoms with E-state index >= 15 is 0 Å². The summed E-state index contributed by atoms with van der Waals surface area (Å²) < 4.78 is 0. The van der Waals surface area contributed by atoms with Gasteiger partial charge >= 0.3 is 0 Å². The molecule has 0 atom stereocenters. The van der Waals surface area contributed by atoms with Gasteiger partial charge in [0.2, 0.25) is 0 Å². The van der Waals surface area contributed by atoms with Gasteiger partial charge in [0.05, 0.1) is 6.61 Å². The minimum Gasteiger partial charge on any atom is -0.391 e. The van der Waals surface area contributed by atoms with Gasteiger partial charge in [-0.15, -0.1) is 0 Å². The zero-order valence-corrected chi connectivity index (χ0v) is 6.64. The molecule has 0 aliphatic carbocycles. The summed E-state index contributed by atoms with van der Waals surface area (Å²) in [5.74, 6) is -2.00. The normalized spacial score (nSPS) is 11.6. The van der Waals surface area contributed by atoms with Gasteiger partial charge in [-0.25, -0.2) is 0 Å². The van der Waals surface area contributed by atoms with Gasteiger partial charge in [0.15, 0.2) is 5.79 Å². The van der Waals surface area contributed by atoms with Crippen molar-refractivity contribution in [1.82, 2.24) is 0 Å². The highest BCUT2D eigenvalue weighted by atomic mass is 16.5. The predicted molar refractivity (Wildman–Crippen MR) is 44.4 cm³/mol. The van der Waals surface area contributed by atoms with Crippen molar-refractivity contribution < 1.29 is 15.3 Å². The summed E-state index contributed by atoms with van der Waals surface area (Å²) in [6.45, 7) is -0.651. The number of benzene rings is 1. The third-order valence-corrected chi connectivity index (χ3v) is 1.58. The topological polar surface area (TPSA) is 60.7 Å². The van der Waals surface area contributed by atoms with Gasteiger partial charge in [0, 0.05) is 6.42 Å². The van der Waals surface area contributed by atoms with Crippen molar-refractivity contribution in [3.63, 3.8) is 0 Å². The van der Waals surface area contributed by atoms with Crippen molar-refractivity contribution in [2.75, 3.05) is 6.61 Å².